The largest absolute Gasteiger partial charge is 1.00 e. The van der Waals surface area contributed by atoms with Crippen molar-refractivity contribution in [2.45, 2.75) is 112 Å². The van der Waals surface area contributed by atoms with Crippen LogP contribution in [0, 0.1) is 0 Å². The molecule has 0 saturated carbocycles. The molecule has 0 nitrogen and oxygen atoms in total. The Kier molecular flexibility index (Phi) is 13.3. The summed E-state index contributed by atoms with van der Waals surface area (Å²) in [5.41, 5.74) is 18.3. The van der Waals surface area contributed by atoms with Gasteiger partial charge in [0.25, 0.3) is 0 Å². The summed E-state index contributed by atoms with van der Waals surface area (Å²) in [6.45, 7) is 18.5. The second kappa shape index (κ2) is 16.4. The van der Waals surface area contributed by atoms with Crippen LogP contribution in [0.5, 0.6) is 0 Å². The fraction of sp³-hybridized carbons (Fsp3) is 0.391. The third-order valence-corrected chi connectivity index (χ3v) is 15.4. The standard InChI is InChI=1S/2C23H27.2ClH.Zr/c2*1-5-6-8-17-15-19-9-7-10-21(22(19)16-17)18-11-13-20(14-12-18)23(2,3)4;;;/h2*7,9-16H,5-6,8H2,1-4H3;2*1H;/q;;;;+2/p-2. The van der Waals surface area contributed by atoms with E-state index in [1.165, 1.54) is 83.0 Å². The van der Waals surface area contributed by atoms with Gasteiger partial charge in [0, 0.05) is 0 Å². The van der Waals surface area contributed by atoms with Crippen LogP contribution in [0.2, 0.25) is 0 Å². The Morgan fingerprint density at radius 3 is 1.20 bits per heavy atom. The topological polar surface area (TPSA) is 0 Å². The summed E-state index contributed by atoms with van der Waals surface area (Å²) in [5.74, 6) is 0. The number of halogens is 2. The van der Waals surface area contributed by atoms with Crippen LogP contribution < -0.4 is 24.8 Å². The first kappa shape index (κ1) is 39.6. The van der Waals surface area contributed by atoms with Crippen molar-refractivity contribution in [1.82, 2.24) is 0 Å². The zero-order chi connectivity index (χ0) is 33.3. The van der Waals surface area contributed by atoms with Crippen LogP contribution in [-0.4, -0.2) is 0 Å². The van der Waals surface area contributed by atoms with Gasteiger partial charge in [0.1, 0.15) is 0 Å². The van der Waals surface area contributed by atoms with Crippen molar-refractivity contribution in [3.63, 3.8) is 0 Å². The predicted molar refractivity (Wildman–Crippen MR) is 202 cm³/mol. The Bertz CT molecular complexity index is 1650. The predicted octanol–water partition coefficient (Wildman–Crippen LogP) is 7.66. The number of hydrogen-bond donors (Lipinski definition) is 0. The van der Waals surface area contributed by atoms with E-state index in [4.69, 9.17) is 0 Å². The van der Waals surface area contributed by atoms with Gasteiger partial charge in [-0.15, -0.1) is 0 Å². The molecule has 3 heteroatoms. The average Bonchev–Trinajstić information content (AvgIpc) is 3.59. The van der Waals surface area contributed by atoms with Crippen molar-refractivity contribution >= 4 is 12.2 Å². The second-order valence-corrected chi connectivity index (χ2v) is 19.6. The van der Waals surface area contributed by atoms with Gasteiger partial charge in [-0.3, -0.25) is 0 Å². The van der Waals surface area contributed by atoms with E-state index in [9.17, 15) is 0 Å². The molecular weight excluding hydrogens is 715 g/mol. The van der Waals surface area contributed by atoms with E-state index in [-0.39, 0.29) is 35.6 Å². The molecular formula is C46H54Cl2Zr. The summed E-state index contributed by atoms with van der Waals surface area (Å²) in [5, 5.41) is 0. The van der Waals surface area contributed by atoms with Gasteiger partial charge in [-0.1, -0.05) is 0 Å². The van der Waals surface area contributed by atoms with Crippen molar-refractivity contribution in [2.24, 2.45) is 0 Å². The first-order valence-corrected chi connectivity index (χ1v) is 21.0. The average molecular weight is 769 g/mol. The van der Waals surface area contributed by atoms with Crippen molar-refractivity contribution in [2.75, 3.05) is 0 Å². The smallest absolute Gasteiger partial charge is 1.00 e. The van der Waals surface area contributed by atoms with Crippen LogP contribution in [0.15, 0.2) is 96.1 Å². The zero-order valence-electron chi connectivity index (χ0n) is 30.9. The van der Waals surface area contributed by atoms with Gasteiger partial charge in [-0.25, -0.2) is 0 Å². The molecule has 2 aliphatic carbocycles. The fourth-order valence-electron chi connectivity index (χ4n) is 7.49. The van der Waals surface area contributed by atoms with Crippen LogP contribution in [0.1, 0.15) is 135 Å². The molecule has 0 N–H and O–H groups in total. The van der Waals surface area contributed by atoms with Crippen molar-refractivity contribution < 1.29 is 48.0 Å². The van der Waals surface area contributed by atoms with Crippen LogP contribution in [-0.2, 0) is 34.1 Å². The summed E-state index contributed by atoms with van der Waals surface area (Å²) in [4.78, 5) is 0. The van der Waals surface area contributed by atoms with Gasteiger partial charge in [0.05, 0.1) is 0 Å². The number of unbranched alkanes of at least 4 members (excludes halogenated alkanes) is 2. The molecule has 0 radical (unpaired) electrons. The third kappa shape index (κ3) is 8.49. The molecule has 0 saturated heterocycles. The van der Waals surface area contributed by atoms with Crippen molar-refractivity contribution in [1.29, 1.82) is 0 Å². The summed E-state index contributed by atoms with van der Waals surface area (Å²) in [6.07, 6.45) is 12.8. The first-order valence-electron chi connectivity index (χ1n) is 18.1. The Morgan fingerprint density at radius 2 is 0.878 bits per heavy atom. The molecule has 0 heterocycles. The van der Waals surface area contributed by atoms with Crippen molar-refractivity contribution in [3.8, 4) is 22.3 Å². The number of allylic oxidation sites excluding steroid dienone is 2. The van der Waals surface area contributed by atoms with Crippen LogP contribution >= 0.6 is 0 Å². The summed E-state index contributed by atoms with van der Waals surface area (Å²) < 4.78 is 1.26. The molecule has 0 amide bonds. The Labute approximate surface area is 321 Å². The molecule has 256 valence electrons. The summed E-state index contributed by atoms with van der Waals surface area (Å²) in [7, 11) is 0. The maximum absolute atomic E-state index is 2.63. The number of rotatable bonds is 10. The Morgan fingerprint density at radius 1 is 0.510 bits per heavy atom. The van der Waals surface area contributed by atoms with E-state index < -0.39 is 23.2 Å². The van der Waals surface area contributed by atoms with Gasteiger partial charge in [-0.2, -0.15) is 0 Å². The minimum absolute atomic E-state index is 0. The quantitative estimate of drug-likeness (QED) is 0.156. The molecule has 4 aromatic rings. The van der Waals surface area contributed by atoms with E-state index in [0.29, 0.717) is 7.25 Å². The van der Waals surface area contributed by atoms with Gasteiger partial charge in [0.15, 0.2) is 0 Å². The fourth-order valence-corrected chi connectivity index (χ4v) is 12.6. The number of benzene rings is 4. The molecule has 0 aliphatic heterocycles. The minimum Gasteiger partial charge on any atom is -1.00 e. The first-order chi connectivity index (χ1) is 22.5. The summed E-state index contributed by atoms with van der Waals surface area (Å²) in [6, 6.07) is 33.1. The van der Waals surface area contributed by atoms with E-state index in [0.717, 1.165) is 0 Å². The molecule has 0 spiro atoms. The zero-order valence-corrected chi connectivity index (χ0v) is 34.9. The maximum atomic E-state index is 2.63. The molecule has 2 aliphatic rings. The van der Waals surface area contributed by atoms with Crippen molar-refractivity contribution in [3.05, 3.63) is 129 Å². The van der Waals surface area contributed by atoms with E-state index in [1.807, 2.05) is 0 Å². The molecule has 0 bridgehead atoms. The minimum atomic E-state index is -0.972. The van der Waals surface area contributed by atoms with Gasteiger partial charge in [-0.05, 0) is 0 Å². The van der Waals surface area contributed by atoms with Crippen LogP contribution in [0.3, 0.4) is 0 Å². The molecule has 0 aromatic heterocycles. The van der Waals surface area contributed by atoms with E-state index >= 15 is 0 Å². The van der Waals surface area contributed by atoms with Gasteiger partial charge >= 0.3 is 299 Å². The third-order valence-electron chi connectivity index (χ3n) is 10.4. The number of fused-ring (bicyclic) bond motifs is 2. The summed E-state index contributed by atoms with van der Waals surface area (Å²) >= 11 is -0.972. The molecule has 4 aromatic carbocycles. The van der Waals surface area contributed by atoms with E-state index in [2.05, 4.69) is 152 Å². The second-order valence-electron chi connectivity index (χ2n) is 15.9. The molecule has 2 atom stereocenters. The molecule has 2 unspecified atom stereocenters. The normalized spacial score (nSPS) is 16.5. The van der Waals surface area contributed by atoms with Crippen LogP contribution in [0.4, 0.5) is 0 Å². The number of hydrogen-bond acceptors (Lipinski definition) is 0. The molecule has 6 rings (SSSR count). The Hall–Kier alpha value is -2.18. The van der Waals surface area contributed by atoms with Gasteiger partial charge in [0.2, 0.25) is 0 Å². The van der Waals surface area contributed by atoms with E-state index in [1.54, 1.807) is 22.3 Å². The molecule has 0 fully saturated rings. The van der Waals surface area contributed by atoms with Crippen LogP contribution in [0.25, 0.3) is 34.4 Å². The Balaban J connectivity index is 0.00000270. The molecule has 49 heavy (non-hydrogen) atoms. The monoisotopic (exact) mass is 766 g/mol. The SMILES string of the molecule is CCCCC1=Cc2c(-c3ccc(C(C)(C)C)cc3)cccc2[CH]1[Zr+2][CH]1C(CCCC)=Cc2c(-c3ccc(C(C)(C)C)cc3)cccc21.[Cl-].[Cl-]. The van der Waals surface area contributed by atoms with Gasteiger partial charge < -0.3 is 24.8 Å². The maximum Gasteiger partial charge on any atom is -1.00 e.